The van der Waals surface area contributed by atoms with Gasteiger partial charge in [-0.25, -0.2) is 0 Å². The number of likely N-dealkylation sites (N-methyl/N-ethyl adjacent to an activating group) is 1. The molecule has 0 bridgehead atoms. The molecule has 0 aliphatic heterocycles. The van der Waals surface area contributed by atoms with Crippen LogP contribution < -0.4 is 10.2 Å². The summed E-state index contributed by atoms with van der Waals surface area (Å²) in [6.45, 7) is 4.47. The summed E-state index contributed by atoms with van der Waals surface area (Å²) in [6, 6.07) is -0.906. The van der Waals surface area contributed by atoms with Crippen LogP contribution in [0.1, 0.15) is 194 Å². The molecular weight excluding hydrogens is 792 g/mol. The lowest BCUT2D eigenvalue weighted by Gasteiger charge is -2.29. The van der Waals surface area contributed by atoms with Gasteiger partial charge in [0.1, 0.15) is 13.2 Å². The minimum atomic E-state index is -4.60. The number of aliphatic hydroxyl groups is 1. The number of amides is 1. The van der Waals surface area contributed by atoms with Gasteiger partial charge in [-0.2, -0.15) is 0 Å². The Morgan fingerprint density at radius 1 is 0.581 bits per heavy atom. The Morgan fingerprint density at radius 3 is 1.50 bits per heavy atom. The molecule has 0 saturated carbocycles. The third-order valence-electron chi connectivity index (χ3n) is 10.6. The molecule has 9 heteroatoms. The molecule has 0 radical (unpaired) electrons. The number of phosphoric acid groups is 1. The van der Waals surface area contributed by atoms with Gasteiger partial charge in [0, 0.05) is 6.42 Å². The molecule has 0 aromatic carbocycles. The monoisotopic (exact) mass is 887 g/mol. The minimum Gasteiger partial charge on any atom is -0.756 e. The molecule has 0 aromatic heterocycles. The number of aliphatic hydroxyl groups excluding tert-OH is 1. The number of rotatable bonds is 44. The Bertz CT molecular complexity index is 1280. The third-order valence-corrected chi connectivity index (χ3v) is 11.6. The minimum absolute atomic E-state index is 0.00999. The quantitative estimate of drug-likeness (QED) is 0.0273. The second kappa shape index (κ2) is 43.9. The molecule has 358 valence electrons. The topological polar surface area (TPSA) is 108 Å². The van der Waals surface area contributed by atoms with Crippen molar-refractivity contribution in [1.29, 1.82) is 0 Å². The summed E-state index contributed by atoms with van der Waals surface area (Å²) in [6.07, 6.45) is 60.8. The molecule has 0 rings (SSSR count). The van der Waals surface area contributed by atoms with Gasteiger partial charge in [0.2, 0.25) is 5.91 Å². The number of hydrogen-bond donors (Lipinski definition) is 2. The van der Waals surface area contributed by atoms with Gasteiger partial charge < -0.3 is 28.8 Å². The van der Waals surface area contributed by atoms with E-state index in [-0.39, 0.29) is 12.5 Å². The summed E-state index contributed by atoms with van der Waals surface area (Å²) < 4.78 is 23.2. The lowest BCUT2D eigenvalue weighted by molar-refractivity contribution is -0.870. The fourth-order valence-electron chi connectivity index (χ4n) is 6.66. The van der Waals surface area contributed by atoms with Gasteiger partial charge >= 0.3 is 0 Å². The van der Waals surface area contributed by atoms with E-state index < -0.39 is 26.6 Å². The number of nitrogens with zero attached hydrogens (tertiary/aromatic N) is 1. The van der Waals surface area contributed by atoms with Crippen molar-refractivity contribution in [2.75, 3.05) is 40.9 Å². The van der Waals surface area contributed by atoms with E-state index in [4.69, 9.17) is 9.05 Å². The Morgan fingerprint density at radius 2 is 1.00 bits per heavy atom. The van der Waals surface area contributed by atoms with Gasteiger partial charge in [-0.05, 0) is 77.0 Å². The first-order valence-corrected chi connectivity index (χ1v) is 26.4. The fraction of sp³-hybridized carbons (Fsp3) is 0.717. The number of carbonyl (C=O) groups is 1. The van der Waals surface area contributed by atoms with E-state index in [2.05, 4.69) is 92.1 Å². The second-order valence-electron chi connectivity index (χ2n) is 17.8. The molecule has 0 spiro atoms. The highest BCUT2D eigenvalue weighted by Gasteiger charge is 2.23. The first-order chi connectivity index (χ1) is 30.0. The Labute approximate surface area is 382 Å². The highest BCUT2D eigenvalue weighted by Crippen LogP contribution is 2.38. The van der Waals surface area contributed by atoms with E-state index in [0.29, 0.717) is 17.4 Å². The van der Waals surface area contributed by atoms with Crippen molar-refractivity contribution >= 4 is 13.7 Å². The molecule has 0 aromatic rings. The predicted molar refractivity (Wildman–Crippen MR) is 265 cm³/mol. The lowest BCUT2D eigenvalue weighted by atomic mass is 10.0. The van der Waals surface area contributed by atoms with Crippen molar-refractivity contribution in [2.24, 2.45) is 0 Å². The van der Waals surface area contributed by atoms with E-state index in [1.54, 1.807) is 6.08 Å². The first kappa shape index (κ1) is 59.7. The van der Waals surface area contributed by atoms with Crippen LogP contribution in [0.15, 0.2) is 85.1 Å². The van der Waals surface area contributed by atoms with Crippen LogP contribution in [0, 0.1) is 0 Å². The number of allylic oxidation sites excluding steroid dienone is 13. The van der Waals surface area contributed by atoms with Crippen molar-refractivity contribution in [3.05, 3.63) is 85.1 Å². The van der Waals surface area contributed by atoms with Gasteiger partial charge in [0.15, 0.2) is 0 Å². The van der Waals surface area contributed by atoms with Crippen LogP contribution in [0.4, 0.5) is 0 Å². The van der Waals surface area contributed by atoms with Crippen LogP contribution in [0.2, 0.25) is 0 Å². The molecule has 3 unspecified atom stereocenters. The van der Waals surface area contributed by atoms with Crippen molar-refractivity contribution in [2.45, 2.75) is 206 Å². The average Bonchev–Trinajstić information content (AvgIpc) is 3.23. The normalized spacial score (nSPS) is 14.9. The summed E-state index contributed by atoms with van der Waals surface area (Å²) in [5.74, 6) is -0.214. The smallest absolute Gasteiger partial charge is 0.268 e. The van der Waals surface area contributed by atoms with Crippen LogP contribution >= 0.6 is 7.82 Å². The molecule has 8 nitrogen and oxygen atoms in total. The molecule has 0 aliphatic carbocycles. The van der Waals surface area contributed by atoms with Crippen molar-refractivity contribution in [1.82, 2.24) is 5.32 Å². The number of phosphoric ester groups is 1. The number of quaternary nitrogens is 1. The molecule has 0 heterocycles. The van der Waals surface area contributed by atoms with Gasteiger partial charge in [-0.1, -0.05) is 195 Å². The van der Waals surface area contributed by atoms with E-state index in [1.165, 1.54) is 103 Å². The fourth-order valence-corrected chi connectivity index (χ4v) is 7.39. The summed E-state index contributed by atoms with van der Waals surface area (Å²) in [5.41, 5.74) is 0. The number of unbranched alkanes of at least 4 members (excludes halogenated alkanes) is 19. The molecule has 0 saturated heterocycles. The maximum Gasteiger partial charge on any atom is 0.268 e. The van der Waals surface area contributed by atoms with Crippen LogP contribution in [0.3, 0.4) is 0 Å². The second-order valence-corrected chi connectivity index (χ2v) is 19.2. The molecule has 0 fully saturated rings. The van der Waals surface area contributed by atoms with Gasteiger partial charge in [-0.3, -0.25) is 9.36 Å². The first-order valence-electron chi connectivity index (χ1n) is 24.9. The standard InChI is InChI=1S/C53H95N2O6P/c1-6-8-10-12-14-16-18-19-20-21-22-23-24-25-26-27-28-29-30-31-32-33-34-35-37-39-41-43-45-47-53(57)54-51(50-61-62(58,59)60-49-48-55(3,4)5)52(56)46-44-42-40-38-36-17-15-13-11-9-7-2/h8,10,14,16,19-20,22-23,25-26,36,38,44,46,51-52,56H,6-7,9,11-13,15,17-18,21,24,27-35,37,39-43,45,47-50H2,1-5H3,(H-,54,57,58,59)/b10-8-,16-14-,20-19-,23-22-,26-25-,38-36+,46-44+. The van der Waals surface area contributed by atoms with E-state index in [9.17, 15) is 19.4 Å². The zero-order chi connectivity index (χ0) is 45.7. The summed E-state index contributed by atoms with van der Waals surface area (Å²) >= 11 is 0. The van der Waals surface area contributed by atoms with Crippen molar-refractivity contribution in [3.63, 3.8) is 0 Å². The Balaban J connectivity index is 4.17. The van der Waals surface area contributed by atoms with Crippen LogP contribution in [-0.2, 0) is 18.4 Å². The Kier molecular flexibility index (Phi) is 42.3. The molecular formula is C53H95N2O6P. The SMILES string of the molecule is CC/C=C\C/C=C\C/C=C\C/C=C\C/C=C\CCCCCCCCCCCCCCCC(=O)NC(COP(=O)([O-])OCC[N+](C)(C)C)C(O)/C=C/CC/C=C/CCCCCCC. The number of carbonyl (C=O) groups excluding carboxylic acids is 1. The van der Waals surface area contributed by atoms with Crippen LogP contribution in [0.25, 0.3) is 0 Å². The summed E-state index contributed by atoms with van der Waals surface area (Å²) in [5, 5.41) is 13.7. The zero-order valence-electron chi connectivity index (χ0n) is 40.5. The van der Waals surface area contributed by atoms with Gasteiger partial charge in [-0.15, -0.1) is 0 Å². The maximum absolute atomic E-state index is 12.9. The van der Waals surface area contributed by atoms with Crippen molar-refractivity contribution in [3.8, 4) is 0 Å². The third kappa shape index (κ3) is 45.7. The van der Waals surface area contributed by atoms with Gasteiger partial charge in [0.25, 0.3) is 7.82 Å². The van der Waals surface area contributed by atoms with Gasteiger partial charge in [0.05, 0.1) is 39.9 Å². The van der Waals surface area contributed by atoms with Crippen molar-refractivity contribution < 1.29 is 32.9 Å². The highest BCUT2D eigenvalue weighted by atomic mass is 31.2. The molecule has 62 heavy (non-hydrogen) atoms. The maximum atomic E-state index is 12.9. The molecule has 0 aliphatic rings. The largest absolute Gasteiger partial charge is 0.756 e. The van der Waals surface area contributed by atoms with E-state index >= 15 is 0 Å². The average molecular weight is 887 g/mol. The molecule has 3 atom stereocenters. The van der Waals surface area contributed by atoms with E-state index in [0.717, 1.165) is 70.6 Å². The zero-order valence-corrected chi connectivity index (χ0v) is 41.4. The Hall–Kier alpha value is -2.32. The van der Waals surface area contributed by atoms with E-state index in [1.807, 2.05) is 27.2 Å². The predicted octanol–water partition coefficient (Wildman–Crippen LogP) is 13.9. The van der Waals surface area contributed by atoms with Crippen LogP contribution in [0.5, 0.6) is 0 Å². The number of nitrogens with one attached hydrogen (secondary N) is 1. The molecule has 1 amide bonds. The summed E-state index contributed by atoms with van der Waals surface area (Å²) in [7, 11) is 1.23. The molecule has 2 N–H and O–H groups in total. The lowest BCUT2D eigenvalue weighted by Crippen LogP contribution is -2.45. The van der Waals surface area contributed by atoms with Crippen LogP contribution in [-0.4, -0.2) is 68.5 Å². The summed E-state index contributed by atoms with van der Waals surface area (Å²) in [4.78, 5) is 25.3. The highest BCUT2D eigenvalue weighted by molar-refractivity contribution is 7.45. The number of hydrogen-bond acceptors (Lipinski definition) is 6.